The van der Waals surface area contributed by atoms with Crippen molar-refractivity contribution in [2.75, 3.05) is 6.61 Å². The lowest BCUT2D eigenvalue weighted by atomic mass is 9.33. The summed E-state index contributed by atoms with van der Waals surface area (Å²) in [5.41, 5.74) is 3.08. The Morgan fingerprint density at radius 1 is 1.15 bits per heavy atom. The van der Waals surface area contributed by atoms with Gasteiger partial charge in [0, 0.05) is 20.1 Å². The second-order valence-corrected chi connectivity index (χ2v) is 17.0. The van der Waals surface area contributed by atoms with Crippen LogP contribution in [0.15, 0.2) is 23.0 Å². The van der Waals surface area contributed by atoms with Gasteiger partial charge in [-0.2, -0.15) is 0 Å². The molecule has 7 nitrogen and oxygen atoms in total. The molecule has 4 fully saturated rings. The lowest BCUT2D eigenvalue weighted by Gasteiger charge is -2.71. The van der Waals surface area contributed by atoms with Crippen LogP contribution in [0.5, 0.6) is 0 Å². The fourth-order valence-electron chi connectivity index (χ4n) is 6.08. The van der Waals surface area contributed by atoms with E-state index in [1.54, 1.807) is 16.2 Å². The highest BCUT2D eigenvalue weighted by molar-refractivity contribution is 6.74. The van der Waals surface area contributed by atoms with E-state index in [1.165, 1.54) is 5.56 Å². The Morgan fingerprint density at radius 2 is 1.82 bits per heavy atom. The maximum Gasteiger partial charge on any atom is 0.329 e. The zero-order chi connectivity index (χ0) is 24.0. The van der Waals surface area contributed by atoms with Crippen LogP contribution in [0, 0.1) is 5.41 Å². The number of hydrogen-bond donors (Lipinski definition) is 1. The third-order valence-corrected chi connectivity index (χ3v) is 13.4. The van der Waals surface area contributed by atoms with Gasteiger partial charge in [0.2, 0.25) is 11.8 Å². The third-order valence-electron chi connectivity index (χ3n) is 8.88. The van der Waals surface area contributed by atoms with Crippen LogP contribution < -0.4 is 11.0 Å². The molecule has 2 aromatic rings. The highest BCUT2D eigenvalue weighted by Gasteiger charge is 2.69. The number of fused-ring (bicyclic) bond motifs is 1. The molecule has 0 radical (unpaired) electrons. The summed E-state index contributed by atoms with van der Waals surface area (Å²) in [7, 11) is 0.0158. The van der Waals surface area contributed by atoms with Gasteiger partial charge in [-0.05, 0) is 66.3 Å². The number of aryl methyl sites for hydroxylation is 1. The largest absolute Gasteiger partial charge is 0.416 e. The average molecular weight is 470 g/mol. The van der Waals surface area contributed by atoms with Crippen LogP contribution in [0.4, 0.5) is 0 Å². The van der Waals surface area contributed by atoms with E-state index in [-0.39, 0.29) is 33.9 Å². The van der Waals surface area contributed by atoms with E-state index in [4.69, 9.17) is 4.43 Å². The Kier molecular flexibility index (Phi) is 4.73. The second-order valence-electron chi connectivity index (χ2n) is 12.2. The topological polar surface area (TPSA) is 82.3 Å². The molecule has 4 aliphatic rings. The van der Waals surface area contributed by atoms with E-state index in [9.17, 15) is 14.4 Å². The molecule has 6 rings (SSSR count). The number of piperidine rings is 1. The Labute approximate surface area is 195 Å². The Balaban J connectivity index is 1.43. The van der Waals surface area contributed by atoms with Gasteiger partial charge >= 0.3 is 5.69 Å². The van der Waals surface area contributed by atoms with Gasteiger partial charge in [0.1, 0.15) is 6.04 Å². The number of amides is 2. The number of benzene rings is 1. The molecule has 2 heterocycles. The highest BCUT2D eigenvalue weighted by Crippen LogP contribution is 2.74. The molecule has 1 aromatic carbocycles. The lowest BCUT2D eigenvalue weighted by molar-refractivity contribution is -0.164. The van der Waals surface area contributed by atoms with Gasteiger partial charge in [-0.15, -0.1) is 0 Å². The van der Waals surface area contributed by atoms with Crippen molar-refractivity contribution in [2.45, 2.75) is 82.5 Å². The number of aromatic nitrogens is 2. The van der Waals surface area contributed by atoms with Gasteiger partial charge in [-0.25, -0.2) is 4.79 Å². The SMILES string of the molecule is Cn1c(=O)n(C2CCC(=O)NC2=O)c2cccc(C34CC(CO[Si](C)(C)C(C)(C)C)(C3)C4)c21. The molecule has 1 N–H and O–H groups in total. The predicted molar refractivity (Wildman–Crippen MR) is 130 cm³/mol. The number of hydrogen-bond acceptors (Lipinski definition) is 4. The maximum atomic E-state index is 13.2. The lowest BCUT2D eigenvalue weighted by Crippen LogP contribution is -2.67. The highest BCUT2D eigenvalue weighted by atomic mass is 28.4. The molecule has 1 unspecified atom stereocenters. The van der Waals surface area contributed by atoms with Crippen LogP contribution in [0.1, 0.15) is 64.5 Å². The smallest absolute Gasteiger partial charge is 0.329 e. The van der Waals surface area contributed by atoms with E-state index >= 15 is 0 Å². The van der Waals surface area contributed by atoms with Crippen molar-refractivity contribution in [3.63, 3.8) is 0 Å². The van der Waals surface area contributed by atoms with E-state index in [0.29, 0.717) is 6.42 Å². The molecule has 1 atom stereocenters. The van der Waals surface area contributed by atoms with E-state index in [1.807, 2.05) is 12.1 Å². The van der Waals surface area contributed by atoms with E-state index in [0.717, 1.165) is 36.9 Å². The molecule has 3 saturated carbocycles. The van der Waals surface area contributed by atoms with Crippen LogP contribution in [0.2, 0.25) is 18.1 Å². The summed E-state index contributed by atoms with van der Waals surface area (Å²) in [6, 6.07) is 5.42. The fourth-order valence-corrected chi connectivity index (χ4v) is 7.18. The molecular formula is C25H35N3O4Si. The van der Waals surface area contributed by atoms with Crippen LogP contribution in [0.3, 0.4) is 0 Å². The molecule has 3 aliphatic carbocycles. The minimum Gasteiger partial charge on any atom is -0.416 e. The summed E-state index contributed by atoms with van der Waals surface area (Å²) in [5.74, 6) is -0.664. The quantitative estimate of drug-likeness (QED) is 0.534. The van der Waals surface area contributed by atoms with Crippen molar-refractivity contribution in [1.82, 2.24) is 14.5 Å². The number of rotatable bonds is 5. The number of para-hydroxylation sites is 1. The van der Waals surface area contributed by atoms with Gasteiger partial charge in [-0.3, -0.25) is 24.0 Å². The van der Waals surface area contributed by atoms with Gasteiger partial charge in [-0.1, -0.05) is 32.9 Å². The number of nitrogens with zero attached hydrogens (tertiary/aromatic N) is 2. The number of carbonyl (C=O) groups is 2. The fraction of sp³-hybridized carbons (Fsp3) is 0.640. The van der Waals surface area contributed by atoms with Crippen LogP contribution in [0.25, 0.3) is 11.0 Å². The van der Waals surface area contributed by atoms with Crippen LogP contribution >= 0.6 is 0 Å². The minimum atomic E-state index is -1.77. The first-order chi connectivity index (χ1) is 15.3. The molecule has 178 valence electrons. The summed E-state index contributed by atoms with van der Waals surface area (Å²) in [6.45, 7) is 12.3. The monoisotopic (exact) mass is 469 g/mol. The van der Waals surface area contributed by atoms with E-state index < -0.39 is 20.3 Å². The van der Waals surface area contributed by atoms with Gasteiger partial charge < -0.3 is 4.43 Å². The molecule has 33 heavy (non-hydrogen) atoms. The Bertz CT molecular complexity index is 1210. The van der Waals surface area contributed by atoms with Crippen molar-refractivity contribution in [2.24, 2.45) is 12.5 Å². The van der Waals surface area contributed by atoms with Crippen molar-refractivity contribution >= 4 is 31.2 Å². The maximum absolute atomic E-state index is 13.2. The number of imidazole rings is 1. The molecular weight excluding hydrogens is 434 g/mol. The summed E-state index contributed by atoms with van der Waals surface area (Å²) >= 11 is 0. The van der Waals surface area contributed by atoms with Crippen LogP contribution in [-0.4, -0.2) is 35.9 Å². The minimum absolute atomic E-state index is 0.0947. The normalized spacial score (nSPS) is 29.6. The molecule has 1 saturated heterocycles. The summed E-state index contributed by atoms with van der Waals surface area (Å²) in [4.78, 5) is 37.4. The second kappa shape index (κ2) is 6.92. The van der Waals surface area contributed by atoms with Gasteiger partial charge in [0.15, 0.2) is 8.32 Å². The van der Waals surface area contributed by atoms with E-state index in [2.05, 4.69) is 45.2 Å². The number of nitrogens with one attached hydrogen (secondary N) is 1. The van der Waals surface area contributed by atoms with Crippen molar-refractivity contribution in [3.8, 4) is 0 Å². The summed E-state index contributed by atoms with van der Waals surface area (Å²) in [6.07, 6.45) is 3.87. The van der Waals surface area contributed by atoms with Crippen molar-refractivity contribution in [3.05, 3.63) is 34.2 Å². The Hall–Kier alpha value is -2.19. The molecule has 2 amide bonds. The zero-order valence-electron chi connectivity index (χ0n) is 20.6. The first-order valence-corrected chi connectivity index (χ1v) is 14.9. The average Bonchev–Trinajstić information content (AvgIpc) is 2.90. The molecule has 1 aromatic heterocycles. The summed E-state index contributed by atoms with van der Waals surface area (Å²) in [5, 5.41) is 2.59. The van der Waals surface area contributed by atoms with Crippen molar-refractivity contribution < 1.29 is 14.0 Å². The molecule has 0 spiro atoms. The van der Waals surface area contributed by atoms with Crippen LogP contribution in [-0.2, 0) is 26.5 Å². The summed E-state index contributed by atoms with van der Waals surface area (Å²) < 4.78 is 9.84. The molecule has 8 heteroatoms. The number of carbonyl (C=O) groups excluding carboxylic acids is 2. The third kappa shape index (κ3) is 3.20. The zero-order valence-corrected chi connectivity index (χ0v) is 21.6. The Morgan fingerprint density at radius 3 is 2.42 bits per heavy atom. The van der Waals surface area contributed by atoms with Gasteiger partial charge in [0.05, 0.1) is 11.0 Å². The molecule has 2 bridgehead atoms. The standard InChI is InChI=1S/C25H35N3O4Si/c1-23(2,3)33(5,6)32-15-24-12-25(13-24,14-24)16-8-7-9-17-20(16)27(4)22(31)28(17)18-10-11-19(29)26-21(18)30/h7-9,18H,10-15H2,1-6H3,(H,26,29,30). The van der Waals surface area contributed by atoms with Gasteiger partial charge in [0.25, 0.3) is 0 Å². The predicted octanol–water partition coefficient (Wildman–Crippen LogP) is 3.76. The number of imide groups is 1. The first kappa shape index (κ1) is 22.6. The molecule has 1 aliphatic heterocycles. The first-order valence-electron chi connectivity index (χ1n) is 12.0. The van der Waals surface area contributed by atoms with Crippen molar-refractivity contribution in [1.29, 1.82) is 0 Å².